The van der Waals surface area contributed by atoms with Gasteiger partial charge in [-0.2, -0.15) is 0 Å². The summed E-state index contributed by atoms with van der Waals surface area (Å²) < 4.78 is 5.67. The molecule has 2 aromatic carbocycles. The number of Topliss-reactive ketones (excluding diaryl/α,β-unsaturated/α-hetero) is 1. The van der Waals surface area contributed by atoms with E-state index in [1.165, 1.54) is 6.92 Å². The van der Waals surface area contributed by atoms with Crippen LogP contribution in [-0.4, -0.2) is 56.8 Å². The quantitative estimate of drug-likeness (QED) is 0.435. The minimum atomic E-state index is -0.988. The van der Waals surface area contributed by atoms with Crippen molar-refractivity contribution < 1.29 is 19.7 Å². The number of fused-ring (bicyclic) bond motifs is 1. The normalized spacial score (nSPS) is 17.2. The van der Waals surface area contributed by atoms with Crippen LogP contribution in [0, 0.1) is 6.92 Å². The molecule has 7 nitrogen and oxygen atoms in total. The summed E-state index contributed by atoms with van der Waals surface area (Å²) in [6.45, 7) is 5.44. The zero-order valence-corrected chi connectivity index (χ0v) is 18.5. The fourth-order valence-corrected chi connectivity index (χ4v) is 4.08. The molecule has 2 N–H and O–H groups in total. The molecule has 1 saturated heterocycles. The Balaban J connectivity index is 1.29. The predicted molar refractivity (Wildman–Crippen MR) is 122 cm³/mol. The molecule has 3 aromatic rings. The molecule has 1 aliphatic heterocycles. The molecule has 0 saturated carbocycles. The number of carbonyl (C=O) groups is 1. The number of nitrogens with zero attached hydrogens (tertiary/aromatic N) is 3. The monoisotopic (exact) mass is 435 g/mol. The van der Waals surface area contributed by atoms with Crippen molar-refractivity contribution in [3.8, 4) is 5.75 Å². The zero-order valence-electron chi connectivity index (χ0n) is 18.5. The van der Waals surface area contributed by atoms with Crippen LogP contribution < -0.4 is 4.74 Å². The van der Waals surface area contributed by atoms with Gasteiger partial charge in [0, 0.05) is 31.6 Å². The van der Waals surface area contributed by atoms with Crippen LogP contribution in [0.15, 0.2) is 48.7 Å². The highest BCUT2D eigenvalue weighted by molar-refractivity contribution is 5.94. The highest BCUT2D eigenvalue weighted by Crippen LogP contribution is 2.32. The Morgan fingerprint density at radius 3 is 2.59 bits per heavy atom. The van der Waals surface area contributed by atoms with Gasteiger partial charge in [-0.25, -0.2) is 4.98 Å². The second-order valence-corrected chi connectivity index (χ2v) is 8.51. The Bertz CT molecular complexity index is 1110. The molecular weight excluding hydrogens is 406 g/mol. The number of hydrogen-bond donors (Lipinski definition) is 2. The molecule has 0 bridgehead atoms. The fraction of sp³-hybridized carbons (Fsp3) is 0.400. The average molecular weight is 436 g/mol. The van der Waals surface area contributed by atoms with Crippen LogP contribution in [0.1, 0.15) is 47.8 Å². The SMILES string of the molecule is CC(=O)c1ccc(OC(O)CCN2CCC(O)(c3cnc4ccccc4n3)CC2)c(C)c1. The van der Waals surface area contributed by atoms with Crippen LogP contribution in [0.2, 0.25) is 0 Å². The number of aromatic nitrogens is 2. The zero-order chi connectivity index (χ0) is 22.7. The summed E-state index contributed by atoms with van der Waals surface area (Å²) >= 11 is 0. The van der Waals surface area contributed by atoms with Crippen molar-refractivity contribution in [1.29, 1.82) is 0 Å². The van der Waals surface area contributed by atoms with Crippen LogP contribution in [-0.2, 0) is 5.60 Å². The molecule has 1 fully saturated rings. The highest BCUT2D eigenvalue weighted by Gasteiger charge is 2.35. The van der Waals surface area contributed by atoms with Crippen molar-refractivity contribution in [3.05, 3.63) is 65.5 Å². The lowest BCUT2D eigenvalue weighted by Crippen LogP contribution is -2.44. The lowest BCUT2D eigenvalue weighted by molar-refractivity contribution is -0.0493. The van der Waals surface area contributed by atoms with E-state index < -0.39 is 11.9 Å². The number of likely N-dealkylation sites (tertiary alicyclic amines) is 1. The Labute approximate surface area is 187 Å². The topological polar surface area (TPSA) is 95.8 Å². The van der Waals surface area contributed by atoms with Crippen LogP contribution in [0.4, 0.5) is 0 Å². The second kappa shape index (κ2) is 9.32. The van der Waals surface area contributed by atoms with Gasteiger partial charge >= 0.3 is 0 Å². The van der Waals surface area contributed by atoms with E-state index in [2.05, 4.69) is 14.9 Å². The molecule has 2 heterocycles. The minimum Gasteiger partial charge on any atom is -0.465 e. The maximum atomic E-state index is 11.5. The molecule has 168 valence electrons. The maximum Gasteiger partial charge on any atom is 0.198 e. The first kappa shape index (κ1) is 22.3. The number of aryl methyl sites for hydroxylation is 1. The van der Waals surface area contributed by atoms with Crippen molar-refractivity contribution in [2.75, 3.05) is 19.6 Å². The highest BCUT2D eigenvalue weighted by atomic mass is 16.6. The van der Waals surface area contributed by atoms with Crippen molar-refractivity contribution >= 4 is 16.8 Å². The van der Waals surface area contributed by atoms with Crippen molar-refractivity contribution in [2.24, 2.45) is 0 Å². The third kappa shape index (κ3) is 4.96. The maximum absolute atomic E-state index is 11.5. The largest absolute Gasteiger partial charge is 0.465 e. The van der Waals surface area contributed by atoms with Gasteiger partial charge in [0.15, 0.2) is 12.1 Å². The standard InChI is InChI=1S/C25H29N3O4/c1-17-15-19(18(2)29)7-8-22(17)32-24(30)9-12-28-13-10-25(31,11-14-28)23-16-26-20-5-3-4-6-21(20)27-23/h3-8,15-16,24,30-31H,9-14H2,1-2H3. The Kier molecular flexibility index (Phi) is 6.50. The van der Waals surface area contributed by atoms with E-state index in [1.807, 2.05) is 31.2 Å². The number of rotatable bonds is 7. The summed E-state index contributed by atoms with van der Waals surface area (Å²) in [7, 11) is 0. The van der Waals surface area contributed by atoms with Crippen LogP contribution in [0.25, 0.3) is 11.0 Å². The molecule has 4 rings (SSSR count). The van der Waals surface area contributed by atoms with Crippen molar-refractivity contribution in [2.45, 2.75) is 45.0 Å². The first-order chi connectivity index (χ1) is 15.3. The number of aliphatic hydroxyl groups excluding tert-OH is 1. The fourth-order valence-electron chi connectivity index (χ4n) is 4.08. The van der Waals surface area contributed by atoms with Gasteiger partial charge < -0.3 is 19.8 Å². The van der Waals surface area contributed by atoms with Crippen LogP contribution >= 0.6 is 0 Å². The third-order valence-electron chi connectivity index (χ3n) is 6.15. The van der Waals surface area contributed by atoms with E-state index >= 15 is 0 Å². The summed E-state index contributed by atoms with van der Waals surface area (Å²) in [5, 5.41) is 21.5. The first-order valence-corrected chi connectivity index (χ1v) is 11.0. The van der Waals surface area contributed by atoms with Gasteiger partial charge in [-0.15, -0.1) is 0 Å². The van der Waals surface area contributed by atoms with Gasteiger partial charge in [-0.3, -0.25) is 9.78 Å². The molecule has 0 radical (unpaired) electrons. The number of para-hydroxylation sites is 2. The molecule has 7 heteroatoms. The summed E-state index contributed by atoms with van der Waals surface area (Å²) in [4.78, 5) is 22.8. The van der Waals surface area contributed by atoms with E-state index in [-0.39, 0.29) is 5.78 Å². The van der Waals surface area contributed by atoms with Gasteiger partial charge in [0.2, 0.25) is 0 Å². The first-order valence-electron chi connectivity index (χ1n) is 11.0. The lowest BCUT2D eigenvalue weighted by atomic mass is 9.88. The molecule has 0 aliphatic carbocycles. The summed E-state index contributed by atoms with van der Waals surface area (Å²) in [5.41, 5.74) is 2.67. The molecular formula is C25H29N3O4. The average Bonchev–Trinajstić information content (AvgIpc) is 2.79. The van der Waals surface area contributed by atoms with E-state index in [0.717, 1.165) is 16.6 Å². The van der Waals surface area contributed by atoms with Gasteiger partial charge in [0.1, 0.15) is 11.4 Å². The van der Waals surface area contributed by atoms with E-state index in [0.29, 0.717) is 55.9 Å². The minimum absolute atomic E-state index is 0.0000677. The van der Waals surface area contributed by atoms with Gasteiger partial charge in [-0.1, -0.05) is 12.1 Å². The smallest absolute Gasteiger partial charge is 0.198 e. The van der Waals surface area contributed by atoms with Gasteiger partial charge in [-0.05, 0) is 62.6 Å². The number of benzene rings is 2. The van der Waals surface area contributed by atoms with E-state index in [1.54, 1.807) is 24.4 Å². The number of carbonyl (C=O) groups excluding carboxylic acids is 1. The molecule has 32 heavy (non-hydrogen) atoms. The number of ketones is 1. The molecule has 1 atom stereocenters. The molecule has 0 spiro atoms. The van der Waals surface area contributed by atoms with E-state index in [4.69, 9.17) is 4.74 Å². The predicted octanol–water partition coefficient (Wildman–Crippen LogP) is 3.21. The third-order valence-corrected chi connectivity index (χ3v) is 6.15. The molecule has 0 amide bonds. The summed E-state index contributed by atoms with van der Waals surface area (Å²) in [6, 6.07) is 12.8. The number of ether oxygens (including phenoxy) is 1. The lowest BCUT2D eigenvalue weighted by Gasteiger charge is -2.37. The van der Waals surface area contributed by atoms with Gasteiger partial charge in [0.25, 0.3) is 0 Å². The van der Waals surface area contributed by atoms with E-state index in [9.17, 15) is 15.0 Å². The number of aliphatic hydroxyl groups is 2. The van der Waals surface area contributed by atoms with Crippen molar-refractivity contribution in [1.82, 2.24) is 14.9 Å². The summed E-state index contributed by atoms with van der Waals surface area (Å²) in [6.07, 6.45) is 2.30. The number of piperidine rings is 1. The Morgan fingerprint density at radius 1 is 1.19 bits per heavy atom. The van der Waals surface area contributed by atoms with Crippen LogP contribution in [0.3, 0.4) is 0 Å². The van der Waals surface area contributed by atoms with Crippen LogP contribution in [0.5, 0.6) is 5.75 Å². The van der Waals surface area contributed by atoms with Crippen molar-refractivity contribution in [3.63, 3.8) is 0 Å². The Hall–Kier alpha value is -2.87. The molecule has 1 unspecified atom stereocenters. The second-order valence-electron chi connectivity index (χ2n) is 8.51. The van der Waals surface area contributed by atoms with Gasteiger partial charge in [0.05, 0.1) is 22.9 Å². The summed E-state index contributed by atoms with van der Waals surface area (Å²) in [5.74, 6) is 0.574. The molecule has 1 aliphatic rings. The number of hydrogen-bond acceptors (Lipinski definition) is 7. The molecule has 1 aromatic heterocycles. The Morgan fingerprint density at radius 2 is 1.91 bits per heavy atom.